The Morgan fingerprint density at radius 3 is 2.34 bits per heavy atom. The summed E-state index contributed by atoms with van der Waals surface area (Å²) < 4.78 is 25.5. The molecule has 0 aliphatic carbocycles. The molecule has 2 aromatic rings. The lowest BCUT2D eigenvalue weighted by Crippen LogP contribution is -2.42. The first-order chi connectivity index (χ1) is 15.4. The Bertz CT molecular complexity index is 973. The smallest absolute Gasteiger partial charge is 0.222 e. The van der Waals surface area contributed by atoms with Gasteiger partial charge in [0.15, 0.2) is 0 Å². The Morgan fingerprint density at radius 2 is 1.78 bits per heavy atom. The van der Waals surface area contributed by atoms with Crippen LogP contribution in [0, 0.1) is 0 Å². The average Bonchev–Trinajstić information content (AvgIpc) is 3.21. The second-order valence-corrected chi connectivity index (χ2v) is 7.99. The minimum Gasteiger partial charge on any atom is -0.495 e. The van der Waals surface area contributed by atoms with E-state index in [1.807, 2.05) is 0 Å². The van der Waals surface area contributed by atoms with Crippen LogP contribution in [0.4, 0.5) is 10.3 Å². The number of nitrogens with one attached hydrogen (secondary N) is 3. The van der Waals surface area contributed by atoms with Gasteiger partial charge in [-0.15, -0.1) is 0 Å². The van der Waals surface area contributed by atoms with Crippen LogP contribution in [0.15, 0.2) is 30.7 Å². The number of aromatic nitrogens is 2. The van der Waals surface area contributed by atoms with E-state index in [1.165, 1.54) is 38.8 Å². The number of methoxy groups -OCH3 is 2. The van der Waals surface area contributed by atoms with Crippen molar-refractivity contribution in [2.24, 2.45) is 0 Å². The molecule has 0 radical (unpaired) electrons. The third-order valence-corrected chi connectivity index (χ3v) is 5.87. The largest absolute Gasteiger partial charge is 0.495 e. The van der Waals surface area contributed by atoms with Crippen LogP contribution in [-0.4, -0.2) is 49.4 Å². The number of hydrogen-bond donors (Lipinski definition) is 3. The molecule has 1 saturated heterocycles. The Morgan fingerprint density at radius 1 is 1.19 bits per heavy atom. The highest BCUT2D eigenvalue weighted by Gasteiger charge is 2.27. The first kappa shape index (κ1) is 24.1. The number of ether oxygens (including phenoxy) is 2. The molecule has 10 heteroatoms. The molecule has 1 aromatic heterocycles. The first-order valence-electron chi connectivity index (χ1n) is 10.1. The summed E-state index contributed by atoms with van der Waals surface area (Å²) >= 11 is 12.6. The Labute approximate surface area is 197 Å². The van der Waals surface area contributed by atoms with Crippen molar-refractivity contribution >= 4 is 41.1 Å². The van der Waals surface area contributed by atoms with Crippen molar-refractivity contribution in [3.05, 3.63) is 51.9 Å². The topological polar surface area (TPSA) is 80.3 Å². The van der Waals surface area contributed by atoms with Crippen LogP contribution in [-0.2, 0) is 0 Å². The average molecular weight is 482 g/mol. The van der Waals surface area contributed by atoms with Crippen LogP contribution in [0.5, 0.6) is 11.5 Å². The number of anilines is 1. The van der Waals surface area contributed by atoms with Crippen LogP contribution in [0.25, 0.3) is 11.9 Å². The van der Waals surface area contributed by atoms with E-state index in [0.717, 1.165) is 25.2 Å². The van der Waals surface area contributed by atoms with E-state index in [4.69, 9.17) is 32.7 Å². The highest BCUT2D eigenvalue weighted by atomic mass is 35.5. The molecule has 1 aliphatic rings. The molecule has 1 aromatic carbocycles. The van der Waals surface area contributed by atoms with E-state index in [9.17, 15) is 0 Å². The number of allylic oxidation sites excluding steroid dienone is 1. The molecule has 0 amide bonds. The van der Waals surface area contributed by atoms with Crippen molar-refractivity contribution in [2.75, 3.05) is 32.6 Å². The SMILES string of the molecule is C=C(CC)NC1CNCC1Nc1ncc(/C=C(\F)c2c(Cl)c(OC)cc(OC)c2Cl)cn1. The van der Waals surface area contributed by atoms with Gasteiger partial charge in [0.25, 0.3) is 0 Å². The fraction of sp³-hybridized carbons (Fsp3) is 0.364. The molecule has 1 fully saturated rings. The Hall–Kier alpha value is -2.55. The maximum atomic E-state index is 15.1. The lowest BCUT2D eigenvalue weighted by molar-refractivity contribution is 0.394. The monoisotopic (exact) mass is 481 g/mol. The van der Waals surface area contributed by atoms with Crippen LogP contribution in [0.2, 0.25) is 10.0 Å². The minimum absolute atomic E-state index is 0.0196. The molecule has 2 unspecified atom stereocenters. The highest BCUT2D eigenvalue weighted by molar-refractivity contribution is 6.39. The summed E-state index contributed by atoms with van der Waals surface area (Å²) in [5, 5.41) is 10.1. The van der Waals surface area contributed by atoms with E-state index in [2.05, 4.69) is 39.4 Å². The van der Waals surface area contributed by atoms with Crippen molar-refractivity contribution in [3.63, 3.8) is 0 Å². The Kier molecular flexibility index (Phi) is 8.17. The zero-order valence-corrected chi connectivity index (χ0v) is 19.6. The molecule has 2 heterocycles. The molecule has 172 valence electrons. The third kappa shape index (κ3) is 5.43. The second-order valence-electron chi connectivity index (χ2n) is 7.23. The van der Waals surface area contributed by atoms with Crippen molar-refractivity contribution in [1.29, 1.82) is 0 Å². The maximum Gasteiger partial charge on any atom is 0.222 e. The zero-order valence-electron chi connectivity index (χ0n) is 18.1. The standard InChI is InChI=1S/C22H26Cl2FN5O2/c1-5-12(2)29-15-10-26-11-16(15)30-22-27-8-13(9-28-22)6-14(25)19-20(23)17(31-3)7-18(32-4)21(19)24/h6-9,15-16,26,29H,2,5,10-11H2,1,3-4H3,(H,27,28,30)/b14-6-. The normalized spacial score (nSPS) is 18.4. The third-order valence-electron chi connectivity index (χ3n) is 5.12. The first-order valence-corrected chi connectivity index (χ1v) is 10.8. The highest BCUT2D eigenvalue weighted by Crippen LogP contribution is 2.44. The number of nitrogens with zero attached hydrogens (tertiary/aromatic N) is 2. The van der Waals surface area contributed by atoms with Crippen LogP contribution in [0.3, 0.4) is 0 Å². The molecule has 0 saturated carbocycles. The van der Waals surface area contributed by atoms with Crippen LogP contribution >= 0.6 is 23.2 Å². The van der Waals surface area contributed by atoms with Gasteiger partial charge in [-0.05, 0) is 12.5 Å². The summed E-state index contributed by atoms with van der Waals surface area (Å²) in [5.74, 6) is 0.288. The van der Waals surface area contributed by atoms with Gasteiger partial charge in [0.2, 0.25) is 5.95 Å². The molecule has 0 spiro atoms. The summed E-state index contributed by atoms with van der Waals surface area (Å²) in [7, 11) is 2.86. The summed E-state index contributed by atoms with van der Waals surface area (Å²) in [6.45, 7) is 7.63. The second kappa shape index (κ2) is 10.8. The molecule has 1 aliphatic heterocycles. The van der Waals surface area contributed by atoms with Crippen LogP contribution in [0.1, 0.15) is 24.5 Å². The van der Waals surface area contributed by atoms with Crippen molar-refractivity contribution in [1.82, 2.24) is 20.6 Å². The lowest BCUT2D eigenvalue weighted by atomic mass is 10.1. The number of halogens is 3. The van der Waals surface area contributed by atoms with Gasteiger partial charge < -0.3 is 25.4 Å². The minimum atomic E-state index is -0.663. The van der Waals surface area contributed by atoms with Gasteiger partial charge in [0.05, 0.1) is 41.9 Å². The van der Waals surface area contributed by atoms with E-state index >= 15 is 4.39 Å². The molecular formula is C22H26Cl2FN5O2. The van der Waals surface area contributed by atoms with E-state index in [0.29, 0.717) is 11.5 Å². The van der Waals surface area contributed by atoms with E-state index in [-0.39, 0.29) is 39.2 Å². The number of benzene rings is 1. The fourth-order valence-electron chi connectivity index (χ4n) is 3.31. The van der Waals surface area contributed by atoms with Gasteiger partial charge >= 0.3 is 0 Å². The van der Waals surface area contributed by atoms with E-state index in [1.54, 1.807) is 0 Å². The molecule has 3 N–H and O–H groups in total. The molecule has 3 rings (SSSR count). The summed E-state index contributed by atoms with van der Waals surface area (Å²) in [4.78, 5) is 8.62. The predicted octanol–water partition coefficient (Wildman–Crippen LogP) is 4.53. The van der Waals surface area contributed by atoms with Gasteiger partial charge in [-0.2, -0.15) is 0 Å². The van der Waals surface area contributed by atoms with Crippen LogP contribution < -0.4 is 25.4 Å². The lowest BCUT2D eigenvalue weighted by Gasteiger charge is -2.22. The maximum absolute atomic E-state index is 15.1. The van der Waals surface area contributed by atoms with Gasteiger partial charge in [-0.25, -0.2) is 14.4 Å². The quantitative estimate of drug-likeness (QED) is 0.485. The van der Waals surface area contributed by atoms with Crippen molar-refractivity contribution < 1.29 is 13.9 Å². The molecular weight excluding hydrogens is 456 g/mol. The summed E-state index contributed by atoms with van der Waals surface area (Å²) in [6.07, 6.45) is 5.15. The Balaban J connectivity index is 1.78. The molecule has 32 heavy (non-hydrogen) atoms. The van der Waals surface area contributed by atoms with Crippen molar-refractivity contribution in [3.8, 4) is 11.5 Å². The number of rotatable bonds is 9. The predicted molar refractivity (Wildman–Crippen MR) is 127 cm³/mol. The molecule has 0 bridgehead atoms. The van der Waals surface area contributed by atoms with Gasteiger partial charge in [-0.3, -0.25) is 0 Å². The fourth-order valence-corrected chi connectivity index (χ4v) is 3.99. The van der Waals surface area contributed by atoms with Gasteiger partial charge in [0, 0.05) is 42.8 Å². The van der Waals surface area contributed by atoms with Crippen molar-refractivity contribution in [2.45, 2.75) is 25.4 Å². The van der Waals surface area contributed by atoms with Gasteiger partial charge in [-0.1, -0.05) is 36.7 Å². The van der Waals surface area contributed by atoms with Gasteiger partial charge in [0.1, 0.15) is 17.3 Å². The molecule has 7 nitrogen and oxygen atoms in total. The van der Waals surface area contributed by atoms with E-state index < -0.39 is 5.83 Å². The molecule has 2 atom stereocenters. The summed E-state index contributed by atoms with van der Waals surface area (Å²) in [6, 6.07) is 1.77. The zero-order chi connectivity index (χ0) is 23.3. The number of hydrogen-bond acceptors (Lipinski definition) is 7. The summed E-state index contributed by atoms with van der Waals surface area (Å²) in [5.41, 5.74) is 1.41.